The standard InChI is InChI=1S/C29H42N4O/c1-7-32-14-16-33(17-15-32)29(5,6)24-9-8-23(18-26(34)27-30-20-21(2)31-27)25(19-24)22-10-12-28(3,4)13-11-22/h8-10,19-20H,7,11-18H2,1-6H3,(H,30,31). The molecule has 1 aliphatic heterocycles. The molecule has 4 rings (SSSR count). The lowest BCUT2D eigenvalue weighted by Crippen LogP contribution is -2.53. The molecule has 1 aliphatic carbocycles. The number of hydrogen-bond acceptors (Lipinski definition) is 4. The van der Waals surface area contributed by atoms with Crippen molar-refractivity contribution >= 4 is 11.4 Å². The van der Waals surface area contributed by atoms with Crippen molar-refractivity contribution < 1.29 is 4.79 Å². The van der Waals surface area contributed by atoms with E-state index < -0.39 is 0 Å². The summed E-state index contributed by atoms with van der Waals surface area (Å²) in [4.78, 5) is 25.6. The summed E-state index contributed by atoms with van der Waals surface area (Å²) in [5.41, 5.74) is 6.31. The van der Waals surface area contributed by atoms with Gasteiger partial charge in [-0.05, 0) is 80.3 Å². The van der Waals surface area contributed by atoms with E-state index in [1.54, 1.807) is 6.20 Å². The molecule has 2 heterocycles. The first-order valence-corrected chi connectivity index (χ1v) is 12.9. The molecule has 1 N–H and O–H groups in total. The van der Waals surface area contributed by atoms with Crippen LogP contribution >= 0.6 is 0 Å². The van der Waals surface area contributed by atoms with Crippen molar-refractivity contribution in [2.45, 2.75) is 72.8 Å². The molecule has 2 aromatic rings. The fourth-order valence-corrected chi connectivity index (χ4v) is 5.35. The summed E-state index contributed by atoms with van der Waals surface area (Å²) in [6.07, 6.45) is 7.84. The molecule has 0 atom stereocenters. The zero-order chi connectivity index (χ0) is 24.5. The number of ketones is 1. The maximum Gasteiger partial charge on any atom is 0.202 e. The molecule has 0 spiro atoms. The van der Waals surface area contributed by atoms with Crippen LogP contribution in [-0.2, 0) is 12.0 Å². The Bertz CT molecular complexity index is 1050. The van der Waals surface area contributed by atoms with Crippen LogP contribution < -0.4 is 0 Å². The summed E-state index contributed by atoms with van der Waals surface area (Å²) in [5, 5.41) is 0. The summed E-state index contributed by atoms with van der Waals surface area (Å²) >= 11 is 0. The summed E-state index contributed by atoms with van der Waals surface area (Å²) in [6, 6.07) is 6.83. The minimum atomic E-state index is -0.0518. The molecule has 0 amide bonds. The SMILES string of the molecule is CCN1CCN(C(C)(C)c2ccc(CC(=O)c3ncc(C)[nH]3)c(C3=CCC(C)(C)CC3)c2)CC1. The van der Waals surface area contributed by atoms with Crippen molar-refractivity contribution in [2.75, 3.05) is 32.7 Å². The molecule has 184 valence electrons. The summed E-state index contributed by atoms with van der Waals surface area (Å²) in [6.45, 7) is 19.1. The first kappa shape index (κ1) is 24.9. The van der Waals surface area contributed by atoms with E-state index in [0.717, 1.165) is 56.8 Å². The average molecular weight is 463 g/mol. The van der Waals surface area contributed by atoms with E-state index in [9.17, 15) is 4.79 Å². The molecule has 2 aliphatic rings. The van der Waals surface area contributed by atoms with Crippen molar-refractivity contribution in [3.63, 3.8) is 0 Å². The Balaban J connectivity index is 1.66. The van der Waals surface area contributed by atoms with Gasteiger partial charge in [-0.2, -0.15) is 0 Å². The molecule has 0 bridgehead atoms. The van der Waals surface area contributed by atoms with Gasteiger partial charge in [0.15, 0.2) is 5.82 Å². The number of nitrogens with zero attached hydrogens (tertiary/aromatic N) is 3. The van der Waals surface area contributed by atoms with Crippen LogP contribution in [-0.4, -0.2) is 58.3 Å². The van der Waals surface area contributed by atoms with Gasteiger partial charge in [-0.15, -0.1) is 0 Å². The second kappa shape index (κ2) is 9.79. The first-order chi connectivity index (χ1) is 16.1. The van der Waals surface area contributed by atoms with Crippen LogP contribution in [0.25, 0.3) is 5.57 Å². The number of carbonyl (C=O) groups is 1. The van der Waals surface area contributed by atoms with Crippen LogP contribution in [0.2, 0.25) is 0 Å². The van der Waals surface area contributed by atoms with Crippen LogP contribution in [0, 0.1) is 12.3 Å². The third-order valence-corrected chi connectivity index (χ3v) is 8.06. The van der Waals surface area contributed by atoms with Gasteiger partial charge in [0.05, 0.1) is 0 Å². The highest BCUT2D eigenvalue weighted by Crippen LogP contribution is 2.40. The van der Waals surface area contributed by atoms with Gasteiger partial charge in [0, 0.05) is 50.0 Å². The Kier molecular flexibility index (Phi) is 7.16. The number of benzene rings is 1. The summed E-state index contributed by atoms with van der Waals surface area (Å²) in [5.74, 6) is 0.509. The van der Waals surface area contributed by atoms with Crippen LogP contribution in [0.15, 0.2) is 30.5 Å². The van der Waals surface area contributed by atoms with Gasteiger partial charge >= 0.3 is 0 Å². The normalized spacial score (nSPS) is 19.8. The summed E-state index contributed by atoms with van der Waals surface area (Å²) in [7, 11) is 0. The van der Waals surface area contributed by atoms with Crippen molar-refractivity contribution in [3.05, 3.63) is 58.7 Å². The monoisotopic (exact) mass is 462 g/mol. The minimum absolute atomic E-state index is 0.0498. The van der Waals surface area contributed by atoms with Gasteiger partial charge in [-0.3, -0.25) is 9.69 Å². The molecule has 1 aromatic heterocycles. The molecule has 0 unspecified atom stereocenters. The number of hydrogen-bond donors (Lipinski definition) is 1. The molecular formula is C29H42N4O. The first-order valence-electron chi connectivity index (χ1n) is 12.9. The quantitative estimate of drug-likeness (QED) is 0.544. The van der Waals surface area contributed by atoms with Crippen LogP contribution in [0.3, 0.4) is 0 Å². The number of Topliss-reactive ketones (excluding diaryl/α,β-unsaturated/α-hetero) is 1. The van der Waals surface area contributed by atoms with Crippen molar-refractivity contribution in [2.24, 2.45) is 5.41 Å². The predicted octanol–water partition coefficient (Wildman–Crippen LogP) is 5.61. The fraction of sp³-hybridized carbons (Fsp3) is 0.586. The second-order valence-corrected chi connectivity index (χ2v) is 11.5. The predicted molar refractivity (Wildman–Crippen MR) is 140 cm³/mol. The van der Waals surface area contributed by atoms with Crippen LogP contribution in [0.5, 0.6) is 0 Å². The molecule has 5 heteroatoms. The van der Waals surface area contributed by atoms with Gasteiger partial charge in [0.1, 0.15) is 0 Å². The fourth-order valence-electron chi connectivity index (χ4n) is 5.35. The minimum Gasteiger partial charge on any atom is -0.340 e. The number of carbonyl (C=O) groups excluding carboxylic acids is 1. The van der Waals surface area contributed by atoms with E-state index in [1.807, 2.05) is 6.92 Å². The molecule has 1 fully saturated rings. The molecule has 0 saturated carbocycles. The lowest BCUT2D eigenvalue weighted by molar-refractivity contribution is 0.0527. The van der Waals surface area contributed by atoms with Gasteiger partial charge in [-0.1, -0.05) is 39.0 Å². The highest BCUT2D eigenvalue weighted by molar-refractivity contribution is 5.95. The van der Waals surface area contributed by atoms with E-state index in [0.29, 0.717) is 17.7 Å². The van der Waals surface area contributed by atoms with Gasteiger partial charge < -0.3 is 9.88 Å². The Morgan fingerprint density at radius 1 is 1.18 bits per heavy atom. The number of piperazine rings is 1. The number of H-pyrrole nitrogens is 1. The Morgan fingerprint density at radius 2 is 1.91 bits per heavy atom. The smallest absolute Gasteiger partial charge is 0.202 e. The highest BCUT2D eigenvalue weighted by atomic mass is 16.1. The number of aryl methyl sites for hydroxylation is 1. The molecular weight excluding hydrogens is 420 g/mol. The molecule has 34 heavy (non-hydrogen) atoms. The van der Waals surface area contributed by atoms with Crippen LogP contribution in [0.1, 0.15) is 86.9 Å². The lowest BCUT2D eigenvalue weighted by atomic mass is 9.75. The Morgan fingerprint density at radius 3 is 2.50 bits per heavy atom. The average Bonchev–Trinajstić information content (AvgIpc) is 3.26. The van der Waals surface area contributed by atoms with E-state index >= 15 is 0 Å². The topological polar surface area (TPSA) is 52.2 Å². The lowest BCUT2D eigenvalue weighted by Gasteiger charge is -2.44. The Labute approximate surface area is 205 Å². The van der Waals surface area contributed by atoms with Crippen molar-refractivity contribution in [3.8, 4) is 0 Å². The van der Waals surface area contributed by atoms with Crippen LogP contribution in [0.4, 0.5) is 0 Å². The Hall–Kier alpha value is -2.24. The van der Waals surface area contributed by atoms with E-state index in [1.165, 1.54) is 23.1 Å². The van der Waals surface area contributed by atoms with Gasteiger partial charge in [0.2, 0.25) is 5.78 Å². The number of nitrogens with one attached hydrogen (secondary N) is 1. The van der Waals surface area contributed by atoms with E-state index in [4.69, 9.17) is 0 Å². The van der Waals surface area contributed by atoms with E-state index in [-0.39, 0.29) is 11.3 Å². The number of allylic oxidation sites excluding steroid dienone is 2. The van der Waals surface area contributed by atoms with Gasteiger partial charge in [0.25, 0.3) is 0 Å². The van der Waals surface area contributed by atoms with Crippen molar-refractivity contribution in [1.29, 1.82) is 0 Å². The number of likely N-dealkylation sites (N-methyl/N-ethyl adjacent to an activating group) is 1. The third-order valence-electron chi connectivity index (χ3n) is 8.06. The molecule has 5 nitrogen and oxygen atoms in total. The van der Waals surface area contributed by atoms with Gasteiger partial charge in [-0.25, -0.2) is 4.98 Å². The maximum atomic E-state index is 13.0. The second-order valence-electron chi connectivity index (χ2n) is 11.5. The number of rotatable bonds is 7. The molecule has 1 aromatic carbocycles. The highest BCUT2D eigenvalue weighted by Gasteiger charge is 2.32. The number of aromatic nitrogens is 2. The zero-order valence-electron chi connectivity index (χ0n) is 22.0. The third kappa shape index (κ3) is 5.36. The molecule has 1 saturated heterocycles. The number of aromatic amines is 1. The van der Waals surface area contributed by atoms with E-state index in [2.05, 4.69) is 78.7 Å². The largest absolute Gasteiger partial charge is 0.340 e. The van der Waals surface area contributed by atoms with Crippen molar-refractivity contribution in [1.82, 2.24) is 19.8 Å². The summed E-state index contributed by atoms with van der Waals surface area (Å²) < 4.78 is 0. The molecule has 0 radical (unpaired) electrons. The number of imidazole rings is 1. The maximum absolute atomic E-state index is 13.0. The zero-order valence-corrected chi connectivity index (χ0v) is 22.0.